The van der Waals surface area contributed by atoms with Crippen molar-refractivity contribution >= 4 is 17.2 Å². The van der Waals surface area contributed by atoms with E-state index in [1.165, 1.54) is 0 Å². The molecule has 0 unspecified atom stereocenters. The smallest absolute Gasteiger partial charge is 0.274 e. The van der Waals surface area contributed by atoms with Crippen molar-refractivity contribution in [3.05, 3.63) is 65.1 Å². The Balaban J connectivity index is 2.06. The van der Waals surface area contributed by atoms with Gasteiger partial charge in [-0.2, -0.15) is 0 Å². The lowest BCUT2D eigenvalue weighted by molar-refractivity contribution is 0.102. The number of fused-ring (bicyclic) bond motifs is 1. The van der Waals surface area contributed by atoms with Gasteiger partial charge in [-0.05, 0) is 43.0 Å². The number of anilines is 1. The topological polar surface area (TPSA) is 46.4 Å². The van der Waals surface area contributed by atoms with E-state index in [-0.39, 0.29) is 5.91 Å². The monoisotopic (exact) mass is 307 g/mol. The van der Waals surface area contributed by atoms with Gasteiger partial charge >= 0.3 is 0 Å². The fourth-order valence-electron chi connectivity index (χ4n) is 2.87. The Morgan fingerprint density at radius 3 is 2.65 bits per heavy atom. The summed E-state index contributed by atoms with van der Waals surface area (Å²) in [7, 11) is 0. The van der Waals surface area contributed by atoms with Crippen molar-refractivity contribution in [3.8, 4) is 0 Å². The first-order chi connectivity index (χ1) is 11.2. The predicted octanol–water partition coefficient (Wildman–Crippen LogP) is 4.02. The van der Waals surface area contributed by atoms with Gasteiger partial charge < -0.3 is 5.32 Å². The number of aryl methyl sites for hydroxylation is 3. The van der Waals surface area contributed by atoms with E-state index in [9.17, 15) is 4.79 Å². The maximum absolute atomic E-state index is 12.9. The highest BCUT2D eigenvalue weighted by atomic mass is 16.2. The third-order valence-electron chi connectivity index (χ3n) is 4.11. The number of nitrogens with zero attached hydrogens (tertiary/aromatic N) is 2. The van der Waals surface area contributed by atoms with Crippen LogP contribution < -0.4 is 5.32 Å². The van der Waals surface area contributed by atoms with Gasteiger partial charge in [-0.25, -0.2) is 4.98 Å². The molecule has 2 aromatic heterocycles. The normalized spacial score (nSPS) is 10.9. The van der Waals surface area contributed by atoms with E-state index in [2.05, 4.69) is 17.2 Å². The fourth-order valence-corrected chi connectivity index (χ4v) is 2.87. The van der Waals surface area contributed by atoms with Gasteiger partial charge in [0.15, 0.2) is 0 Å². The van der Waals surface area contributed by atoms with Gasteiger partial charge in [0, 0.05) is 11.9 Å². The van der Waals surface area contributed by atoms with Crippen LogP contribution >= 0.6 is 0 Å². The Morgan fingerprint density at radius 1 is 1.13 bits per heavy atom. The molecule has 0 radical (unpaired) electrons. The zero-order chi connectivity index (χ0) is 16.4. The van der Waals surface area contributed by atoms with Crippen LogP contribution in [0.2, 0.25) is 0 Å². The zero-order valence-corrected chi connectivity index (χ0v) is 13.8. The number of aromatic nitrogens is 2. The third-order valence-corrected chi connectivity index (χ3v) is 4.11. The molecule has 0 bridgehead atoms. The first-order valence-electron chi connectivity index (χ1n) is 8.01. The van der Waals surface area contributed by atoms with E-state index in [1.807, 2.05) is 60.8 Å². The van der Waals surface area contributed by atoms with Crippen LogP contribution in [0.5, 0.6) is 0 Å². The predicted molar refractivity (Wildman–Crippen MR) is 93.1 cm³/mol. The van der Waals surface area contributed by atoms with Crippen LogP contribution in [-0.4, -0.2) is 15.3 Å². The van der Waals surface area contributed by atoms with Crippen LogP contribution in [0.25, 0.3) is 5.65 Å². The molecule has 118 valence electrons. The highest BCUT2D eigenvalue weighted by molar-refractivity contribution is 6.05. The molecule has 4 nitrogen and oxygen atoms in total. The van der Waals surface area contributed by atoms with E-state index in [0.29, 0.717) is 5.69 Å². The summed E-state index contributed by atoms with van der Waals surface area (Å²) in [5.41, 5.74) is 5.35. The molecule has 4 heteroatoms. The molecule has 1 aromatic carbocycles. The quantitative estimate of drug-likeness (QED) is 0.791. The Labute approximate surface area is 136 Å². The van der Waals surface area contributed by atoms with Gasteiger partial charge in [-0.3, -0.25) is 9.20 Å². The zero-order valence-electron chi connectivity index (χ0n) is 13.8. The van der Waals surface area contributed by atoms with Crippen molar-refractivity contribution in [3.63, 3.8) is 0 Å². The van der Waals surface area contributed by atoms with Gasteiger partial charge in [0.1, 0.15) is 11.3 Å². The molecule has 0 spiro atoms. The molecule has 0 saturated carbocycles. The molecular weight excluding hydrogens is 286 g/mol. The highest BCUT2D eigenvalue weighted by Crippen LogP contribution is 2.20. The molecule has 2 heterocycles. The Hall–Kier alpha value is -2.62. The van der Waals surface area contributed by atoms with Crippen molar-refractivity contribution in [2.24, 2.45) is 0 Å². The van der Waals surface area contributed by atoms with Crippen LogP contribution in [-0.2, 0) is 12.8 Å². The number of nitrogens with one attached hydrogen (secondary N) is 1. The molecule has 1 N–H and O–H groups in total. The molecule has 0 aliphatic carbocycles. The number of pyridine rings is 1. The largest absolute Gasteiger partial charge is 0.320 e. The van der Waals surface area contributed by atoms with Crippen molar-refractivity contribution in [2.45, 2.75) is 33.6 Å². The maximum Gasteiger partial charge on any atom is 0.274 e. The number of imidazole rings is 1. The lowest BCUT2D eigenvalue weighted by Crippen LogP contribution is -2.17. The van der Waals surface area contributed by atoms with E-state index < -0.39 is 0 Å². The molecule has 1 amide bonds. The molecular formula is C19H21N3O. The number of hydrogen-bond donors (Lipinski definition) is 1. The second-order valence-corrected chi connectivity index (χ2v) is 5.61. The van der Waals surface area contributed by atoms with Gasteiger partial charge in [0.2, 0.25) is 0 Å². The van der Waals surface area contributed by atoms with Crippen molar-refractivity contribution in [1.82, 2.24) is 9.38 Å². The van der Waals surface area contributed by atoms with Crippen LogP contribution in [0.3, 0.4) is 0 Å². The number of para-hydroxylation sites is 1. The summed E-state index contributed by atoms with van der Waals surface area (Å²) in [5, 5.41) is 3.05. The Bertz CT molecular complexity index is 864. The lowest BCUT2D eigenvalue weighted by atomic mass is 10.1. The number of amides is 1. The standard InChI is InChI=1S/C19H21N3O/c1-4-14-10-6-7-11-16(14)21-19(23)17-15(5-2)20-18-13(3)9-8-12-22(17)18/h6-12H,4-5H2,1-3H3,(H,21,23). The molecule has 3 aromatic rings. The summed E-state index contributed by atoms with van der Waals surface area (Å²) < 4.78 is 1.89. The minimum atomic E-state index is -0.110. The van der Waals surface area contributed by atoms with Crippen LogP contribution in [0.4, 0.5) is 5.69 Å². The van der Waals surface area contributed by atoms with Gasteiger partial charge in [0.05, 0.1) is 5.69 Å². The Morgan fingerprint density at radius 2 is 1.91 bits per heavy atom. The van der Waals surface area contributed by atoms with Gasteiger partial charge in [-0.1, -0.05) is 38.1 Å². The molecule has 23 heavy (non-hydrogen) atoms. The second-order valence-electron chi connectivity index (χ2n) is 5.61. The SMILES string of the molecule is CCc1ccccc1NC(=O)c1c(CC)nc2c(C)cccn12. The van der Waals surface area contributed by atoms with Gasteiger partial charge in [0.25, 0.3) is 5.91 Å². The molecule has 0 aliphatic heterocycles. The fraction of sp³-hybridized carbons (Fsp3) is 0.263. The summed E-state index contributed by atoms with van der Waals surface area (Å²) in [5.74, 6) is -0.110. The first kappa shape index (κ1) is 15.3. The molecule has 0 fully saturated rings. The Kier molecular flexibility index (Phi) is 4.15. The summed E-state index contributed by atoms with van der Waals surface area (Å²) in [4.78, 5) is 17.5. The first-order valence-corrected chi connectivity index (χ1v) is 8.01. The summed E-state index contributed by atoms with van der Waals surface area (Å²) >= 11 is 0. The molecule has 0 atom stereocenters. The summed E-state index contributed by atoms with van der Waals surface area (Å²) in [6.45, 7) is 6.11. The summed E-state index contributed by atoms with van der Waals surface area (Å²) in [6.07, 6.45) is 3.50. The third kappa shape index (κ3) is 2.72. The number of rotatable bonds is 4. The molecule has 0 saturated heterocycles. The van der Waals surface area contributed by atoms with Gasteiger partial charge in [-0.15, -0.1) is 0 Å². The van der Waals surface area contributed by atoms with Crippen molar-refractivity contribution in [1.29, 1.82) is 0 Å². The van der Waals surface area contributed by atoms with Crippen LogP contribution in [0.1, 0.15) is 41.2 Å². The highest BCUT2D eigenvalue weighted by Gasteiger charge is 2.19. The number of benzene rings is 1. The van der Waals surface area contributed by atoms with Crippen molar-refractivity contribution in [2.75, 3.05) is 5.32 Å². The molecule has 3 rings (SSSR count). The van der Waals surface area contributed by atoms with E-state index in [0.717, 1.165) is 41.0 Å². The second kappa shape index (κ2) is 6.24. The number of carbonyl (C=O) groups is 1. The van der Waals surface area contributed by atoms with Crippen LogP contribution in [0, 0.1) is 6.92 Å². The lowest BCUT2D eigenvalue weighted by Gasteiger charge is -2.10. The minimum absolute atomic E-state index is 0.110. The maximum atomic E-state index is 12.9. The number of hydrogen-bond acceptors (Lipinski definition) is 2. The van der Waals surface area contributed by atoms with E-state index in [4.69, 9.17) is 0 Å². The average molecular weight is 307 g/mol. The van der Waals surface area contributed by atoms with E-state index >= 15 is 0 Å². The van der Waals surface area contributed by atoms with Crippen LogP contribution in [0.15, 0.2) is 42.6 Å². The van der Waals surface area contributed by atoms with E-state index in [1.54, 1.807) is 0 Å². The number of carbonyl (C=O) groups excluding carboxylic acids is 1. The van der Waals surface area contributed by atoms with Crippen molar-refractivity contribution < 1.29 is 4.79 Å². The molecule has 0 aliphatic rings. The average Bonchev–Trinajstić information content (AvgIpc) is 2.95. The minimum Gasteiger partial charge on any atom is -0.320 e. The summed E-state index contributed by atoms with van der Waals surface area (Å²) in [6, 6.07) is 11.9.